The van der Waals surface area contributed by atoms with Crippen LogP contribution in [0.15, 0.2) is 42.5 Å². The maximum Gasteiger partial charge on any atom is 0.226 e. The lowest BCUT2D eigenvalue weighted by Gasteiger charge is -2.20. The van der Waals surface area contributed by atoms with Crippen molar-refractivity contribution in [2.75, 3.05) is 11.4 Å². The van der Waals surface area contributed by atoms with Crippen LogP contribution < -0.4 is 4.90 Å². The Bertz CT molecular complexity index is 330. The molecule has 15 heavy (non-hydrogen) atoms. The average molecular weight is 203 g/mol. The normalized spacial score (nSPS) is 10.5. The Kier molecular flexibility index (Phi) is 4.61. The van der Waals surface area contributed by atoms with E-state index in [1.807, 2.05) is 56.3 Å². The Hall–Kier alpha value is -1.57. The topological polar surface area (TPSA) is 20.3 Å². The average Bonchev–Trinajstić information content (AvgIpc) is 2.30. The lowest BCUT2D eigenvalue weighted by atomic mass is 10.2. The largest absolute Gasteiger partial charge is 0.309 e. The summed E-state index contributed by atoms with van der Waals surface area (Å²) in [6.07, 6.45) is 4.48. The number of allylic oxidation sites excluding steroid dienone is 1. The van der Waals surface area contributed by atoms with E-state index >= 15 is 0 Å². The number of benzene rings is 1. The van der Waals surface area contributed by atoms with E-state index < -0.39 is 0 Å². The first-order valence-corrected chi connectivity index (χ1v) is 5.26. The van der Waals surface area contributed by atoms with Crippen molar-refractivity contribution in [3.05, 3.63) is 42.5 Å². The fourth-order valence-electron chi connectivity index (χ4n) is 1.36. The van der Waals surface area contributed by atoms with Crippen LogP contribution in [-0.4, -0.2) is 12.5 Å². The zero-order chi connectivity index (χ0) is 11.1. The molecule has 0 N–H and O–H groups in total. The van der Waals surface area contributed by atoms with E-state index in [4.69, 9.17) is 0 Å². The van der Waals surface area contributed by atoms with Crippen LogP contribution in [0, 0.1) is 0 Å². The van der Waals surface area contributed by atoms with Gasteiger partial charge < -0.3 is 4.90 Å². The number of hydrogen-bond acceptors (Lipinski definition) is 1. The van der Waals surface area contributed by atoms with Crippen LogP contribution in [0.25, 0.3) is 0 Å². The Morgan fingerprint density at radius 1 is 1.33 bits per heavy atom. The molecule has 2 nitrogen and oxygen atoms in total. The van der Waals surface area contributed by atoms with E-state index in [1.54, 1.807) is 4.90 Å². The quantitative estimate of drug-likeness (QED) is 0.689. The molecule has 1 aromatic carbocycles. The molecule has 0 saturated heterocycles. The van der Waals surface area contributed by atoms with Gasteiger partial charge in [0, 0.05) is 18.7 Å². The van der Waals surface area contributed by atoms with Gasteiger partial charge in [-0.2, -0.15) is 0 Å². The summed E-state index contributed by atoms with van der Waals surface area (Å²) in [6.45, 7) is 4.49. The van der Waals surface area contributed by atoms with Gasteiger partial charge in [-0.3, -0.25) is 4.79 Å². The van der Waals surface area contributed by atoms with Gasteiger partial charge in [-0.1, -0.05) is 37.3 Å². The monoisotopic (exact) mass is 203 g/mol. The van der Waals surface area contributed by atoms with Crippen LogP contribution in [0.5, 0.6) is 0 Å². The van der Waals surface area contributed by atoms with Crippen molar-refractivity contribution in [3.63, 3.8) is 0 Å². The molecule has 1 aromatic rings. The van der Waals surface area contributed by atoms with Crippen molar-refractivity contribution in [2.45, 2.75) is 20.3 Å². The van der Waals surface area contributed by atoms with Gasteiger partial charge in [-0.05, 0) is 19.1 Å². The number of para-hydroxylation sites is 1. The number of hydrogen-bond donors (Lipinski definition) is 0. The Morgan fingerprint density at radius 2 is 2.00 bits per heavy atom. The molecule has 0 fully saturated rings. The molecule has 1 amide bonds. The third-order valence-electron chi connectivity index (χ3n) is 2.20. The van der Waals surface area contributed by atoms with Crippen molar-refractivity contribution >= 4 is 11.6 Å². The number of nitrogens with zero attached hydrogens (tertiary/aromatic N) is 1. The Labute approximate surface area is 91.2 Å². The maximum absolute atomic E-state index is 11.7. The standard InChI is InChI=1S/C13H17NO/c1-3-5-11-14(13(15)4-2)12-9-7-6-8-10-12/h3,5-10H,4,11H2,1-2H3/b5-3+. The second-order valence-corrected chi connectivity index (χ2v) is 3.26. The van der Waals surface area contributed by atoms with Gasteiger partial charge >= 0.3 is 0 Å². The van der Waals surface area contributed by atoms with E-state index in [0.29, 0.717) is 13.0 Å². The summed E-state index contributed by atoms with van der Waals surface area (Å²) in [5.74, 6) is 0.152. The van der Waals surface area contributed by atoms with Crippen molar-refractivity contribution in [1.29, 1.82) is 0 Å². The van der Waals surface area contributed by atoms with Gasteiger partial charge in [0.25, 0.3) is 0 Å². The number of anilines is 1. The number of amides is 1. The molecule has 2 heteroatoms. The molecular formula is C13H17NO. The molecule has 0 bridgehead atoms. The second-order valence-electron chi connectivity index (χ2n) is 3.26. The minimum Gasteiger partial charge on any atom is -0.309 e. The first-order valence-electron chi connectivity index (χ1n) is 5.26. The summed E-state index contributed by atoms with van der Waals surface area (Å²) in [6, 6.07) is 9.75. The van der Waals surface area contributed by atoms with Gasteiger partial charge in [0.1, 0.15) is 0 Å². The molecule has 0 unspecified atom stereocenters. The Morgan fingerprint density at radius 3 is 2.53 bits per heavy atom. The molecule has 1 rings (SSSR count). The van der Waals surface area contributed by atoms with Gasteiger partial charge in [0.15, 0.2) is 0 Å². The molecule has 0 atom stereocenters. The lowest BCUT2D eigenvalue weighted by Crippen LogP contribution is -2.30. The highest BCUT2D eigenvalue weighted by Gasteiger charge is 2.10. The molecular weight excluding hydrogens is 186 g/mol. The van der Waals surface area contributed by atoms with Gasteiger partial charge in [-0.15, -0.1) is 0 Å². The van der Waals surface area contributed by atoms with E-state index in [-0.39, 0.29) is 5.91 Å². The number of rotatable bonds is 4. The number of carbonyl (C=O) groups is 1. The first-order chi connectivity index (χ1) is 7.29. The van der Waals surface area contributed by atoms with Crippen LogP contribution >= 0.6 is 0 Å². The summed E-state index contributed by atoms with van der Waals surface area (Å²) in [5, 5.41) is 0. The third kappa shape index (κ3) is 3.24. The smallest absolute Gasteiger partial charge is 0.226 e. The molecule has 0 heterocycles. The molecule has 0 saturated carbocycles. The van der Waals surface area contributed by atoms with Gasteiger partial charge in [-0.25, -0.2) is 0 Å². The molecule has 0 radical (unpaired) electrons. The molecule has 0 aliphatic carbocycles. The minimum atomic E-state index is 0.152. The molecule has 0 aromatic heterocycles. The van der Waals surface area contributed by atoms with E-state index in [1.165, 1.54) is 0 Å². The predicted molar refractivity (Wildman–Crippen MR) is 63.9 cm³/mol. The zero-order valence-electron chi connectivity index (χ0n) is 9.31. The first kappa shape index (κ1) is 11.5. The summed E-state index contributed by atoms with van der Waals surface area (Å²) in [4.78, 5) is 13.5. The van der Waals surface area contributed by atoms with Crippen LogP contribution in [0.2, 0.25) is 0 Å². The van der Waals surface area contributed by atoms with Crippen molar-refractivity contribution in [1.82, 2.24) is 0 Å². The fourth-order valence-corrected chi connectivity index (χ4v) is 1.36. The summed E-state index contributed by atoms with van der Waals surface area (Å²) in [5.41, 5.74) is 0.961. The van der Waals surface area contributed by atoms with E-state index in [9.17, 15) is 4.79 Å². The van der Waals surface area contributed by atoms with Crippen molar-refractivity contribution in [2.24, 2.45) is 0 Å². The van der Waals surface area contributed by atoms with Crippen LogP contribution in [0.1, 0.15) is 20.3 Å². The SMILES string of the molecule is C/C=C/CN(C(=O)CC)c1ccccc1. The van der Waals surface area contributed by atoms with E-state index in [0.717, 1.165) is 5.69 Å². The van der Waals surface area contributed by atoms with Crippen LogP contribution in [0.3, 0.4) is 0 Å². The number of carbonyl (C=O) groups excluding carboxylic acids is 1. The predicted octanol–water partition coefficient (Wildman–Crippen LogP) is 3.01. The minimum absolute atomic E-state index is 0.152. The van der Waals surface area contributed by atoms with Crippen molar-refractivity contribution in [3.8, 4) is 0 Å². The van der Waals surface area contributed by atoms with Gasteiger partial charge in [0.2, 0.25) is 5.91 Å². The Balaban J connectivity index is 2.86. The van der Waals surface area contributed by atoms with Crippen molar-refractivity contribution < 1.29 is 4.79 Å². The van der Waals surface area contributed by atoms with Crippen LogP contribution in [0.4, 0.5) is 5.69 Å². The lowest BCUT2D eigenvalue weighted by molar-refractivity contribution is -0.118. The highest BCUT2D eigenvalue weighted by atomic mass is 16.2. The third-order valence-corrected chi connectivity index (χ3v) is 2.20. The highest BCUT2D eigenvalue weighted by molar-refractivity contribution is 5.93. The van der Waals surface area contributed by atoms with Crippen LogP contribution in [-0.2, 0) is 4.79 Å². The van der Waals surface area contributed by atoms with Gasteiger partial charge in [0.05, 0.1) is 0 Å². The molecule has 0 aliphatic heterocycles. The zero-order valence-corrected chi connectivity index (χ0v) is 9.31. The molecule has 0 aliphatic rings. The maximum atomic E-state index is 11.7. The second kappa shape index (κ2) is 6.02. The summed E-state index contributed by atoms with van der Waals surface area (Å²) < 4.78 is 0. The fraction of sp³-hybridized carbons (Fsp3) is 0.308. The molecule has 0 spiro atoms. The highest BCUT2D eigenvalue weighted by Crippen LogP contribution is 2.14. The summed E-state index contributed by atoms with van der Waals surface area (Å²) >= 11 is 0. The molecule has 80 valence electrons. The van der Waals surface area contributed by atoms with E-state index in [2.05, 4.69) is 0 Å². The summed E-state index contributed by atoms with van der Waals surface area (Å²) in [7, 11) is 0.